The molecule has 0 amide bonds. The molecule has 0 spiro atoms. The average Bonchev–Trinajstić information content (AvgIpc) is 2.78. The quantitative estimate of drug-likeness (QED) is 0.732. The lowest BCUT2D eigenvalue weighted by Crippen LogP contribution is -1.99. The van der Waals surface area contributed by atoms with E-state index in [9.17, 15) is 4.79 Å². The lowest BCUT2D eigenvalue weighted by Gasteiger charge is -2.02. The Balaban J connectivity index is 2.10. The minimum absolute atomic E-state index is 0.616. The largest absolute Gasteiger partial charge is 0.298 e. The second-order valence-corrected chi connectivity index (χ2v) is 3.76. The maximum Gasteiger partial charge on any atom is 0.153 e. The smallest absolute Gasteiger partial charge is 0.153 e. The molecule has 0 radical (unpaired) electrons. The van der Waals surface area contributed by atoms with E-state index in [0.29, 0.717) is 12.1 Å². The Kier molecular flexibility index (Phi) is 3.15. The molecule has 0 fully saturated rings. The number of carbonyl (C=O) groups is 1. The number of aldehydes is 1. The van der Waals surface area contributed by atoms with Gasteiger partial charge in [-0.1, -0.05) is 31.2 Å². The van der Waals surface area contributed by atoms with Crippen LogP contribution < -0.4 is 0 Å². The highest BCUT2D eigenvalue weighted by atomic mass is 16.1. The molecule has 0 bridgehead atoms. The van der Waals surface area contributed by atoms with Gasteiger partial charge in [0.1, 0.15) is 0 Å². The van der Waals surface area contributed by atoms with Gasteiger partial charge in [-0.25, -0.2) is 0 Å². The van der Waals surface area contributed by atoms with E-state index >= 15 is 0 Å². The standard InChI is InChI=1S/C13H14N2O/c1-2-11-3-5-12(6-4-11)8-15-9-13(10-16)7-14-15/h3-7,9-10H,2,8H2,1H3. The number of hydrogen-bond donors (Lipinski definition) is 0. The molecule has 3 heteroatoms. The van der Waals surface area contributed by atoms with Gasteiger partial charge in [0.25, 0.3) is 0 Å². The topological polar surface area (TPSA) is 34.9 Å². The normalized spacial score (nSPS) is 10.3. The fourth-order valence-electron chi connectivity index (χ4n) is 1.59. The van der Waals surface area contributed by atoms with E-state index in [-0.39, 0.29) is 0 Å². The van der Waals surface area contributed by atoms with Gasteiger partial charge in [-0.2, -0.15) is 5.10 Å². The summed E-state index contributed by atoms with van der Waals surface area (Å²) in [6, 6.07) is 8.45. The van der Waals surface area contributed by atoms with Gasteiger partial charge in [0, 0.05) is 6.20 Å². The van der Waals surface area contributed by atoms with Gasteiger partial charge >= 0.3 is 0 Å². The van der Waals surface area contributed by atoms with E-state index in [1.54, 1.807) is 17.1 Å². The number of carbonyl (C=O) groups excluding carboxylic acids is 1. The summed E-state index contributed by atoms with van der Waals surface area (Å²) in [5.41, 5.74) is 3.14. The fraction of sp³-hybridized carbons (Fsp3) is 0.231. The third-order valence-electron chi connectivity index (χ3n) is 2.57. The van der Waals surface area contributed by atoms with Gasteiger partial charge in [0.05, 0.1) is 18.3 Å². The fourth-order valence-corrected chi connectivity index (χ4v) is 1.59. The van der Waals surface area contributed by atoms with Gasteiger partial charge in [-0.05, 0) is 17.5 Å². The number of hydrogen-bond acceptors (Lipinski definition) is 2. The summed E-state index contributed by atoms with van der Waals surface area (Å²) >= 11 is 0. The summed E-state index contributed by atoms with van der Waals surface area (Å²) in [6.45, 7) is 2.84. The second kappa shape index (κ2) is 4.75. The van der Waals surface area contributed by atoms with E-state index in [1.165, 1.54) is 11.1 Å². The van der Waals surface area contributed by atoms with E-state index in [1.807, 2.05) is 0 Å². The number of nitrogens with zero attached hydrogens (tertiary/aromatic N) is 2. The molecule has 1 heterocycles. The van der Waals surface area contributed by atoms with Crippen molar-refractivity contribution in [3.63, 3.8) is 0 Å². The van der Waals surface area contributed by atoms with E-state index < -0.39 is 0 Å². The van der Waals surface area contributed by atoms with E-state index in [0.717, 1.165) is 12.7 Å². The van der Waals surface area contributed by atoms with Crippen molar-refractivity contribution in [2.24, 2.45) is 0 Å². The number of aryl methyl sites for hydroxylation is 1. The first-order valence-corrected chi connectivity index (χ1v) is 5.37. The van der Waals surface area contributed by atoms with Crippen LogP contribution >= 0.6 is 0 Å². The van der Waals surface area contributed by atoms with Gasteiger partial charge in [-0.15, -0.1) is 0 Å². The van der Waals surface area contributed by atoms with Crippen molar-refractivity contribution in [3.05, 3.63) is 53.3 Å². The van der Waals surface area contributed by atoms with Gasteiger partial charge < -0.3 is 0 Å². The average molecular weight is 214 g/mol. The predicted molar refractivity (Wildman–Crippen MR) is 62.5 cm³/mol. The Morgan fingerprint density at radius 2 is 1.94 bits per heavy atom. The lowest BCUT2D eigenvalue weighted by molar-refractivity contribution is 0.112. The first-order valence-electron chi connectivity index (χ1n) is 5.37. The maximum absolute atomic E-state index is 10.5. The number of aromatic nitrogens is 2. The molecule has 1 aromatic carbocycles. The zero-order valence-electron chi connectivity index (χ0n) is 9.26. The molecule has 0 unspecified atom stereocenters. The van der Waals surface area contributed by atoms with Crippen LogP contribution in [-0.4, -0.2) is 16.1 Å². The Labute approximate surface area is 94.7 Å². The molecule has 0 aliphatic carbocycles. The van der Waals surface area contributed by atoms with Crippen LogP contribution in [0.15, 0.2) is 36.7 Å². The van der Waals surface area contributed by atoms with Crippen LogP contribution in [0.5, 0.6) is 0 Å². The molecule has 0 N–H and O–H groups in total. The lowest BCUT2D eigenvalue weighted by atomic mass is 10.1. The summed E-state index contributed by atoms with van der Waals surface area (Å²) in [6.07, 6.45) is 5.19. The predicted octanol–water partition coefficient (Wildman–Crippen LogP) is 2.31. The zero-order chi connectivity index (χ0) is 11.4. The number of benzene rings is 1. The van der Waals surface area contributed by atoms with Crippen molar-refractivity contribution < 1.29 is 4.79 Å². The highest BCUT2D eigenvalue weighted by molar-refractivity contribution is 5.73. The van der Waals surface area contributed by atoms with Crippen LogP contribution in [0.4, 0.5) is 0 Å². The van der Waals surface area contributed by atoms with Gasteiger partial charge in [-0.3, -0.25) is 9.48 Å². The number of rotatable bonds is 4. The molecule has 0 atom stereocenters. The van der Waals surface area contributed by atoms with Crippen molar-refractivity contribution in [2.45, 2.75) is 19.9 Å². The minimum Gasteiger partial charge on any atom is -0.298 e. The summed E-state index contributed by atoms with van der Waals surface area (Å²) in [4.78, 5) is 10.5. The van der Waals surface area contributed by atoms with Crippen LogP contribution in [0.1, 0.15) is 28.4 Å². The molecule has 2 aromatic rings. The van der Waals surface area contributed by atoms with E-state index in [2.05, 4.69) is 36.3 Å². The molecule has 0 saturated carbocycles. The van der Waals surface area contributed by atoms with Gasteiger partial charge in [0.15, 0.2) is 6.29 Å². The Morgan fingerprint density at radius 1 is 1.25 bits per heavy atom. The monoisotopic (exact) mass is 214 g/mol. The van der Waals surface area contributed by atoms with E-state index in [4.69, 9.17) is 0 Å². The molecule has 0 saturated heterocycles. The molecular formula is C13H14N2O. The molecular weight excluding hydrogens is 200 g/mol. The Bertz CT molecular complexity index is 471. The SMILES string of the molecule is CCc1ccc(Cn2cc(C=O)cn2)cc1. The second-order valence-electron chi connectivity index (χ2n) is 3.76. The van der Waals surface area contributed by atoms with Crippen molar-refractivity contribution in [2.75, 3.05) is 0 Å². The summed E-state index contributed by atoms with van der Waals surface area (Å²) < 4.78 is 1.77. The van der Waals surface area contributed by atoms with Crippen LogP contribution in [0.3, 0.4) is 0 Å². The Morgan fingerprint density at radius 3 is 2.50 bits per heavy atom. The molecule has 0 aliphatic heterocycles. The molecule has 0 aliphatic rings. The van der Waals surface area contributed by atoms with Crippen molar-refractivity contribution in [3.8, 4) is 0 Å². The van der Waals surface area contributed by atoms with Crippen LogP contribution in [0.25, 0.3) is 0 Å². The molecule has 82 valence electrons. The summed E-state index contributed by atoms with van der Waals surface area (Å²) in [5, 5.41) is 4.11. The van der Waals surface area contributed by atoms with Crippen molar-refractivity contribution >= 4 is 6.29 Å². The molecule has 16 heavy (non-hydrogen) atoms. The highest BCUT2D eigenvalue weighted by Gasteiger charge is 1.98. The summed E-state index contributed by atoms with van der Waals surface area (Å²) in [5.74, 6) is 0. The van der Waals surface area contributed by atoms with Crippen LogP contribution in [-0.2, 0) is 13.0 Å². The first kappa shape index (κ1) is 10.6. The van der Waals surface area contributed by atoms with Crippen molar-refractivity contribution in [1.29, 1.82) is 0 Å². The maximum atomic E-state index is 10.5. The minimum atomic E-state index is 0.616. The van der Waals surface area contributed by atoms with Crippen molar-refractivity contribution in [1.82, 2.24) is 9.78 Å². The summed E-state index contributed by atoms with van der Waals surface area (Å²) in [7, 11) is 0. The van der Waals surface area contributed by atoms with Gasteiger partial charge in [0.2, 0.25) is 0 Å². The molecule has 3 nitrogen and oxygen atoms in total. The third kappa shape index (κ3) is 2.37. The highest BCUT2D eigenvalue weighted by Crippen LogP contribution is 2.07. The molecule has 1 aromatic heterocycles. The first-order chi connectivity index (χ1) is 7.81. The van der Waals surface area contributed by atoms with Crippen LogP contribution in [0.2, 0.25) is 0 Å². The zero-order valence-corrected chi connectivity index (χ0v) is 9.26. The Hall–Kier alpha value is -1.90. The third-order valence-corrected chi connectivity index (χ3v) is 2.57. The van der Waals surface area contributed by atoms with Crippen LogP contribution in [0, 0.1) is 0 Å². The molecule has 2 rings (SSSR count).